The molecule has 1 aromatic carbocycles. The van der Waals surface area contributed by atoms with Crippen LogP contribution in [0.15, 0.2) is 33.2 Å². The third-order valence-corrected chi connectivity index (χ3v) is 6.69. The van der Waals surface area contributed by atoms with Gasteiger partial charge in [-0.05, 0) is 58.3 Å². The van der Waals surface area contributed by atoms with E-state index in [2.05, 4.69) is 32.8 Å². The first kappa shape index (κ1) is 19.3. The largest absolute Gasteiger partial charge is 0.488 e. The lowest BCUT2D eigenvalue weighted by atomic mass is 10.1. The molecule has 30 heavy (non-hydrogen) atoms. The molecule has 5 rings (SSSR count). The quantitative estimate of drug-likeness (QED) is 0.489. The molecular weight excluding hydrogens is 400 g/mol. The van der Waals surface area contributed by atoms with Gasteiger partial charge in [-0.25, -0.2) is 0 Å². The summed E-state index contributed by atoms with van der Waals surface area (Å²) in [5, 5.41) is 17.1. The zero-order chi connectivity index (χ0) is 20.5. The topological polar surface area (TPSA) is 86.2 Å². The molecule has 156 valence electrons. The first-order valence-corrected chi connectivity index (χ1v) is 11.1. The average molecular weight is 425 g/mol. The Morgan fingerprint density at radius 2 is 1.97 bits per heavy atom. The maximum absolute atomic E-state index is 6.48. The smallest absolute Gasteiger partial charge is 0.261 e. The molecule has 0 bridgehead atoms. The lowest BCUT2D eigenvalue weighted by molar-refractivity contribution is 0.165. The molecule has 1 aliphatic rings. The van der Waals surface area contributed by atoms with Crippen molar-refractivity contribution >= 4 is 21.4 Å². The first-order valence-electron chi connectivity index (χ1n) is 10.3. The van der Waals surface area contributed by atoms with Crippen LogP contribution in [0.4, 0.5) is 0 Å². The number of hydrogen-bond donors (Lipinski definition) is 1. The number of fused-ring (bicyclic) bond motifs is 1. The predicted molar refractivity (Wildman–Crippen MR) is 115 cm³/mol. The van der Waals surface area contributed by atoms with Crippen LogP contribution >= 0.6 is 11.3 Å². The van der Waals surface area contributed by atoms with Crippen molar-refractivity contribution in [3.63, 3.8) is 0 Å². The van der Waals surface area contributed by atoms with Gasteiger partial charge in [0.25, 0.3) is 5.89 Å². The van der Waals surface area contributed by atoms with E-state index < -0.39 is 0 Å². The minimum atomic E-state index is 0.199. The van der Waals surface area contributed by atoms with Crippen LogP contribution in [0.25, 0.3) is 20.9 Å². The molecule has 7 nitrogen and oxygen atoms in total. The Balaban J connectivity index is 1.42. The Hall–Kier alpha value is -2.71. The molecule has 0 aliphatic carbocycles. The molecule has 0 saturated carbocycles. The monoisotopic (exact) mass is 424 g/mol. The number of ether oxygens (including phenoxy) is 1. The van der Waals surface area contributed by atoms with Crippen LogP contribution in [0.1, 0.15) is 35.7 Å². The van der Waals surface area contributed by atoms with Crippen molar-refractivity contribution in [3.8, 4) is 16.5 Å². The summed E-state index contributed by atoms with van der Waals surface area (Å²) in [6.07, 6.45) is 3.59. The average Bonchev–Trinajstić information content (AvgIpc) is 3.46. The van der Waals surface area contributed by atoms with Gasteiger partial charge in [0.15, 0.2) is 5.75 Å². The van der Waals surface area contributed by atoms with E-state index in [1.165, 1.54) is 0 Å². The van der Waals surface area contributed by atoms with Crippen molar-refractivity contribution in [2.45, 2.75) is 45.6 Å². The summed E-state index contributed by atoms with van der Waals surface area (Å²) < 4.78 is 18.9. The van der Waals surface area contributed by atoms with E-state index in [4.69, 9.17) is 13.7 Å². The maximum atomic E-state index is 6.48. The van der Waals surface area contributed by atoms with E-state index in [1.807, 2.05) is 26.0 Å². The number of nitrogens with zero attached hydrogens (tertiary/aromatic N) is 3. The summed E-state index contributed by atoms with van der Waals surface area (Å²) in [5.41, 5.74) is 2.01. The molecule has 0 spiro atoms. The Labute approximate surface area is 178 Å². The second-order valence-electron chi connectivity index (χ2n) is 7.63. The highest BCUT2D eigenvalue weighted by atomic mass is 32.1. The Kier molecular flexibility index (Phi) is 5.26. The highest BCUT2D eigenvalue weighted by Crippen LogP contribution is 2.44. The van der Waals surface area contributed by atoms with Gasteiger partial charge in [-0.1, -0.05) is 17.3 Å². The number of aromatic nitrogens is 3. The van der Waals surface area contributed by atoms with Crippen molar-refractivity contribution in [1.29, 1.82) is 0 Å². The van der Waals surface area contributed by atoms with Crippen molar-refractivity contribution in [3.05, 3.63) is 47.2 Å². The van der Waals surface area contributed by atoms with Crippen LogP contribution in [0.5, 0.6) is 5.75 Å². The zero-order valence-electron chi connectivity index (χ0n) is 17.1. The van der Waals surface area contributed by atoms with Crippen LogP contribution in [-0.2, 0) is 12.8 Å². The molecule has 1 aliphatic heterocycles. The molecule has 0 unspecified atom stereocenters. The molecule has 4 aromatic rings. The fraction of sp³-hybridized carbons (Fsp3) is 0.409. The van der Waals surface area contributed by atoms with Crippen LogP contribution in [-0.4, -0.2) is 34.5 Å². The lowest BCUT2D eigenvalue weighted by Crippen LogP contribution is -2.34. The Bertz CT molecular complexity index is 1140. The standard InChI is InChI=1S/C22H24N4O3S/c1-13-16(14(2)29-26-13)7-8-19-24-25-22(28-19)21-20(27-15-9-11-23-12-10-15)17-5-3-4-6-18(17)30-21/h3-6,15,23H,7-12H2,1-2H3. The second-order valence-corrected chi connectivity index (χ2v) is 8.68. The molecule has 0 radical (unpaired) electrons. The zero-order valence-corrected chi connectivity index (χ0v) is 17.9. The van der Waals surface area contributed by atoms with Crippen LogP contribution in [0.3, 0.4) is 0 Å². The summed E-state index contributed by atoms with van der Waals surface area (Å²) in [5.74, 6) is 2.84. The van der Waals surface area contributed by atoms with E-state index in [-0.39, 0.29) is 6.10 Å². The number of aryl methyl sites for hydroxylation is 3. The van der Waals surface area contributed by atoms with Crippen molar-refractivity contribution < 1.29 is 13.7 Å². The molecule has 0 amide bonds. The van der Waals surface area contributed by atoms with Gasteiger partial charge < -0.3 is 19.0 Å². The summed E-state index contributed by atoms with van der Waals surface area (Å²) in [6, 6.07) is 8.28. The predicted octanol–water partition coefficient (Wildman–Crippen LogP) is 4.47. The summed E-state index contributed by atoms with van der Waals surface area (Å²) in [4.78, 5) is 0.908. The van der Waals surface area contributed by atoms with Gasteiger partial charge in [0, 0.05) is 22.1 Å². The highest BCUT2D eigenvalue weighted by molar-refractivity contribution is 7.22. The molecule has 0 atom stereocenters. The van der Waals surface area contributed by atoms with Crippen LogP contribution in [0.2, 0.25) is 0 Å². The number of nitrogens with one attached hydrogen (secondary N) is 1. The van der Waals surface area contributed by atoms with Gasteiger partial charge in [-0.15, -0.1) is 21.5 Å². The summed E-state index contributed by atoms with van der Waals surface area (Å²) in [7, 11) is 0. The molecule has 4 heterocycles. The van der Waals surface area contributed by atoms with Gasteiger partial charge in [-0.2, -0.15) is 0 Å². The Morgan fingerprint density at radius 3 is 2.77 bits per heavy atom. The number of thiophene rings is 1. The van der Waals surface area contributed by atoms with Gasteiger partial charge in [-0.3, -0.25) is 0 Å². The van der Waals surface area contributed by atoms with Gasteiger partial charge in [0.05, 0.1) is 5.69 Å². The molecule has 3 aromatic heterocycles. The fourth-order valence-electron chi connectivity index (χ4n) is 3.90. The van der Waals surface area contributed by atoms with Crippen molar-refractivity contribution in [2.24, 2.45) is 0 Å². The fourth-order valence-corrected chi connectivity index (χ4v) is 4.95. The molecule has 1 fully saturated rings. The number of rotatable bonds is 6. The number of benzene rings is 1. The first-order chi connectivity index (χ1) is 14.7. The van der Waals surface area contributed by atoms with E-state index >= 15 is 0 Å². The lowest BCUT2D eigenvalue weighted by Gasteiger charge is -2.24. The normalized spacial score (nSPS) is 15.1. The van der Waals surface area contributed by atoms with Gasteiger partial charge >= 0.3 is 0 Å². The van der Waals surface area contributed by atoms with E-state index in [9.17, 15) is 0 Å². The van der Waals surface area contributed by atoms with Crippen LogP contribution in [0, 0.1) is 13.8 Å². The Morgan fingerprint density at radius 1 is 1.13 bits per heavy atom. The minimum Gasteiger partial charge on any atom is -0.488 e. The number of piperidine rings is 1. The van der Waals surface area contributed by atoms with Crippen molar-refractivity contribution in [1.82, 2.24) is 20.7 Å². The maximum Gasteiger partial charge on any atom is 0.261 e. The van der Waals surface area contributed by atoms with E-state index in [0.29, 0.717) is 18.2 Å². The summed E-state index contributed by atoms with van der Waals surface area (Å²) in [6.45, 7) is 5.84. The number of hydrogen-bond acceptors (Lipinski definition) is 8. The minimum absolute atomic E-state index is 0.199. The highest BCUT2D eigenvalue weighted by Gasteiger charge is 2.24. The van der Waals surface area contributed by atoms with Gasteiger partial charge in [0.1, 0.15) is 16.7 Å². The SMILES string of the molecule is Cc1noc(C)c1CCc1nnc(-c2sc3ccccc3c2OC2CCNCC2)o1. The second kappa shape index (κ2) is 8.20. The molecule has 1 N–H and O–H groups in total. The van der Waals surface area contributed by atoms with E-state index in [1.54, 1.807) is 11.3 Å². The van der Waals surface area contributed by atoms with E-state index in [0.717, 1.165) is 70.1 Å². The van der Waals surface area contributed by atoms with Gasteiger partial charge in [0.2, 0.25) is 5.89 Å². The van der Waals surface area contributed by atoms with Crippen molar-refractivity contribution in [2.75, 3.05) is 13.1 Å². The van der Waals surface area contributed by atoms with Crippen LogP contribution < -0.4 is 10.1 Å². The summed E-state index contributed by atoms with van der Waals surface area (Å²) >= 11 is 1.64. The molecule has 8 heteroatoms. The molecule has 1 saturated heterocycles. The third kappa shape index (κ3) is 3.73. The molecular formula is C22H24N4O3S. The third-order valence-electron chi connectivity index (χ3n) is 5.55.